The summed E-state index contributed by atoms with van der Waals surface area (Å²) in [6.07, 6.45) is 3.34. The van der Waals surface area contributed by atoms with Crippen LogP contribution in [0.3, 0.4) is 0 Å². The summed E-state index contributed by atoms with van der Waals surface area (Å²) >= 11 is 1.53. The summed E-state index contributed by atoms with van der Waals surface area (Å²) in [6, 6.07) is 14.3. The Balaban J connectivity index is 1.72. The van der Waals surface area contributed by atoms with Gasteiger partial charge in [0.2, 0.25) is 0 Å². The Morgan fingerprint density at radius 1 is 1.16 bits per heavy atom. The van der Waals surface area contributed by atoms with E-state index in [1.807, 2.05) is 40.6 Å². The van der Waals surface area contributed by atoms with E-state index in [1.165, 1.54) is 24.3 Å². The summed E-state index contributed by atoms with van der Waals surface area (Å²) in [4.78, 5) is 18.5. The summed E-state index contributed by atoms with van der Waals surface area (Å²) in [5, 5.41) is 1.98. The minimum Gasteiger partial charge on any atom is -0.305 e. The topological polar surface area (TPSA) is 23.6 Å². The number of carbonyl (C=O) groups excluding carboxylic acids is 1. The van der Waals surface area contributed by atoms with E-state index >= 15 is 0 Å². The van der Waals surface area contributed by atoms with Crippen LogP contribution in [0.15, 0.2) is 47.8 Å². The molecule has 1 aromatic heterocycles. The molecular weight excluding hydrogens is 328 g/mol. The predicted octanol–water partition coefficient (Wildman–Crippen LogP) is 4.91. The molecule has 0 N–H and O–H groups in total. The predicted molar refractivity (Wildman–Crippen MR) is 106 cm³/mol. The van der Waals surface area contributed by atoms with Gasteiger partial charge >= 0.3 is 0 Å². The van der Waals surface area contributed by atoms with Gasteiger partial charge in [-0.1, -0.05) is 38.1 Å². The third-order valence-corrected chi connectivity index (χ3v) is 5.79. The number of thiophene rings is 1. The molecule has 4 heteroatoms. The van der Waals surface area contributed by atoms with Crippen molar-refractivity contribution in [3.63, 3.8) is 0 Å². The number of hydrogen-bond donors (Lipinski definition) is 0. The van der Waals surface area contributed by atoms with Crippen LogP contribution < -0.4 is 4.90 Å². The molecule has 0 atom stereocenters. The molecule has 1 aliphatic rings. The van der Waals surface area contributed by atoms with Gasteiger partial charge in [-0.2, -0.15) is 0 Å². The molecule has 1 aromatic carbocycles. The normalized spacial score (nSPS) is 16.3. The zero-order valence-corrected chi connectivity index (χ0v) is 16.0. The maximum Gasteiger partial charge on any atom is 0.268 e. The number of benzene rings is 1. The zero-order valence-electron chi connectivity index (χ0n) is 15.2. The second-order valence-corrected chi connectivity index (χ2v) is 8.19. The SMILES string of the molecule is CC(C)CCN1CCC(N(C(=O)c2cccs2)c2ccccc2)CC1. The first-order valence-corrected chi connectivity index (χ1v) is 10.2. The van der Waals surface area contributed by atoms with Crippen LogP contribution in [-0.2, 0) is 0 Å². The second kappa shape index (κ2) is 8.63. The molecule has 25 heavy (non-hydrogen) atoms. The quantitative estimate of drug-likeness (QED) is 0.734. The van der Waals surface area contributed by atoms with E-state index < -0.39 is 0 Å². The third kappa shape index (κ3) is 4.71. The highest BCUT2D eigenvalue weighted by Gasteiger charge is 2.30. The molecule has 0 aliphatic carbocycles. The number of likely N-dealkylation sites (tertiary alicyclic amines) is 1. The molecule has 2 heterocycles. The minimum absolute atomic E-state index is 0.141. The molecule has 0 saturated carbocycles. The van der Waals surface area contributed by atoms with E-state index in [0.717, 1.165) is 42.4 Å². The maximum absolute atomic E-state index is 13.1. The van der Waals surface area contributed by atoms with Crippen molar-refractivity contribution in [1.82, 2.24) is 4.90 Å². The third-order valence-electron chi connectivity index (χ3n) is 4.93. The van der Waals surface area contributed by atoms with Gasteiger partial charge in [-0.15, -0.1) is 11.3 Å². The van der Waals surface area contributed by atoms with Crippen molar-refractivity contribution in [2.45, 2.75) is 39.2 Å². The van der Waals surface area contributed by atoms with E-state index in [9.17, 15) is 4.79 Å². The van der Waals surface area contributed by atoms with Gasteiger partial charge in [0.1, 0.15) is 0 Å². The van der Waals surface area contributed by atoms with Crippen molar-refractivity contribution in [2.75, 3.05) is 24.5 Å². The Morgan fingerprint density at radius 3 is 2.48 bits per heavy atom. The van der Waals surface area contributed by atoms with Crippen molar-refractivity contribution in [3.05, 3.63) is 52.7 Å². The Hall–Kier alpha value is -1.65. The van der Waals surface area contributed by atoms with Crippen LogP contribution in [0.4, 0.5) is 5.69 Å². The Bertz CT molecular complexity index is 646. The van der Waals surface area contributed by atoms with E-state index in [4.69, 9.17) is 0 Å². The Kier molecular flexibility index (Phi) is 6.27. The molecule has 3 rings (SSSR count). The molecule has 1 saturated heterocycles. The van der Waals surface area contributed by atoms with Crippen molar-refractivity contribution < 1.29 is 4.79 Å². The lowest BCUT2D eigenvalue weighted by Gasteiger charge is -2.38. The minimum atomic E-state index is 0.141. The zero-order chi connectivity index (χ0) is 17.6. The summed E-state index contributed by atoms with van der Waals surface area (Å²) < 4.78 is 0. The second-order valence-electron chi connectivity index (χ2n) is 7.24. The van der Waals surface area contributed by atoms with Gasteiger partial charge in [0, 0.05) is 24.8 Å². The largest absolute Gasteiger partial charge is 0.305 e. The van der Waals surface area contributed by atoms with E-state index in [2.05, 4.69) is 30.9 Å². The van der Waals surface area contributed by atoms with Crippen LogP contribution >= 0.6 is 11.3 Å². The molecular formula is C21H28N2OS. The van der Waals surface area contributed by atoms with Gasteiger partial charge in [0.05, 0.1) is 4.88 Å². The number of carbonyl (C=O) groups is 1. The van der Waals surface area contributed by atoms with E-state index in [-0.39, 0.29) is 11.9 Å². The molecule has 0 spiro atoms. The molecule has 2 aromatic rings. The van der Waals surface area contributed by atoms with Crippen molar-refractivity contribution in [1.29, 1.82) is 0 Å². The smallest absolute Gasteiger partial charge is 0.268 e. The fourth-order valence-electron chi connectivity index (χ4n) is 3.44. The lowest BCUT2D eigenvalue weighted by molar-refractivity contribution is 0.0963. The average Bonchev–Trinajstić information content (AvgIpc) is 3.17. The molecule has 0 bridgehead atoms. The number of amides is 1. The maximum atomic E-state index is 13.1. The average molecular weight is 357 g/mol. The van der Waals surface area contributed by atoms with Gasteiger partial charge in [0.25, 0.3) is 5.91 Å². The lowest BCUT2D eigenvalue weighted by atomic mass is 10.0. The first-order chi connectivity index (χ1) is 12.1. The van der Waals surface area contributed by atoms with Gasteiger partial charge in [-0.3, -0.25) is 4.79 Å². The van der Waals surface area contributed by atoms with Gasteiger partial charge < -0.3 is 9.80 Å². The van der Waals surface area contributed by atoms with Gasteiger partial charge in [0.15, 0.2) is 0 Å². The van der Waals surface area contributed by atoms with Crippen LogP contribution in [0.5, 0.6) is 0 Å². The van der Waals surface area contributed by atoms with Crippen LogP contribution in [0, 0.1) is 5.92 Å². The number of hydrogen-bond acceptors (Lipinski definition) is 3. The number of rotatable bonds is 6. The summed E-state index contributed by atoms with van der Waals surface area (Å²) in [6.45, 7) is 7.90. The Morgan fingerprint density at radius 2 is 1.88 bits per heavy atom. The molecule has 1 fully saturated rings. The standard InChI is InChI=1S/C21H28N2OS/c1-17(2)10-13-22-14-11-19(12-15-22)23(18-7-4-3-5-8-18)21(24)20-9-6-16-25-20/h3-9,16-17,19H,10-15H2,1-2H3. The monoisotopic (exact) mass is 356 g/mol. The highest BCUT2D eigenvalue weighted by molar-refractivity contribution is 7.12. The van der Waals surface area contributed by atoms with Crippen LogP contribution in [0.25, 0.3) is 0 Å². The Labute approximate surface area is 155 Å². The summed E-state index contributed by atoms with van der Waals surface area (Å²) in [5.41, 5.74) is 1.02. The number of para-hydroxylation sites is 1. The molecule has 0 unspecified atom stereocenters. The van der Waals surface area contributed by atoms with Crippen molar-refractivity contribution >= 4 is 22.9 Å². The van der Waals surface area contributed by atoms with Gasteiger partial charge in [-0.25, -0.2) is 0 Å². The first-order valence-electron chi connectivity index (χ1n) is 9.29. The van der Waals surface area contributed by atoms with Gasteiger partial charge in [-0.05, 0) is 55.3 Å². The molecule has 3 nitrogen and oxygen atoms in total. The van der Waals surface area contributed by atoms with Crippen LogP contribution in [0.2, 0.25) is 0 Å². The van der Waals surface area contributed by atoms with Crippen molar-refractivity contribution in [3.8, 4) is 0 Å². The number of nitrogens with zero attached hydrogens (tertiary/aromatic N) is 2. The lowest BCUT2D eigenvalue weighted by Crippen LogP contribution is -2.47. The van der Waals surface area contributed by atoms with Crippen LogP contribution in [0.1, 0.15) is 42.8 Å². The highest BCUT2D eigenvalue weighted by Crippen LogP contribution is 2.27. The molecule has 134 valence electrons. The van der Waals surface area contributed by atoms with Crippen molar-refractivity contribution in [2.24, 2.45) is 5.92 Å². The van der Waals surface area contributed by atoms with Crippen LogP contribution in [-0.4, -0.2) is 36.5 Å². The first kappa shape index (κ1) is 18.2. The fraction of sp³-hybridized carbons (Fsp3) is 0.476. The fourth-order valence-corrected chi connectivity index (χ4v) is 4.10. The van der Waals surface area contributed by atoms with E-state index in [1.54, 1.807) is 0 Å². The number of piperidine rings is 1. The molecule has 1 amide bonds. The number of anilines is 1. The van der Waals surface area contributed by atoms with E-state index in [0.29, 0.717) is 0 Å². The molecule has 0 radical (unpaired) electrons. The molecule has 1 aliphatic heterocycles. The highest BCUT2D eigenvalue weighted by atomic mass is 32.1. The summed E-state index contributed by atoms with van der Waals surface area (Å²) in [7, 11) is 0. The summed E-state index contributed by atoms with van der Waals surface area (Å²) in [5.74, 6) is 0.890.